The highest BCUT2D eigenvalue weighted by Crippen LogP contribution is 2.37. The Morgan fingerprint density at radius 1 is 1.16 bits per heavy atom. The summed E-state index contributed by atoms with van der Waals surface area (Å²) in [7, 11) is -3.77. The smallest absolute Gasteiger partial charge is 0.265 e. The summed E-state index contributed by atoms with van der Waals surface area (Å²) in [6.07, 6.45) is 0. The molecule has 0 spiro atoms. The summed E-state index contributed by atoms with van der Waals surface area (Å²) in [5.74, 6) is 0.550. The summed E-state index contributed by atoms with van der Waals surface area (Å²) in [6, 6.07) is 9.21. The minimum Gasteiger partial charge on any atom is -0.482 e. The van der Waals surface area contributed by atoms with Crippen molar-refractivity contribution in [1.29, 1.82) is 0 Å². The number of thiazole rings is 1. The van der Waals surface area contributed by atoms with E-state index < -0.39 is 10.0 Å². The van der Waals surface area contributed by atoms with Crippen LogP contribution >= 0.6 is 11.3 Å². The zero-order valence-electron chi connectivity index (χ0n) is 17.7. The Balaban J connectivity index is 1.64. The molecule has 162 valence electrons. The summed E-state index contributed by atoms with van der Waals surface area (Å²) in [6.45, 7) is 7.99. The molecule has 0 saturated carbocycles. The van der Waals surface area contributed by atoms with Gasteiger partial charge in [0.2, 0.25) is 0 Å². The monoisotopic (exact) mass is 457 g/mol. The first-order valence-corrected chi connectivity index (χ1v) is 12.2. The Labute approximate surface area is 185 Å². The van der Waals surface area contributed by atoms with Gasteiger partial charge in [-0.2, -0.15) is 0 Å². The van der Waals surface area contributed by atoms with Crippen LogP contribution in [0.1, 0.15) is 23.6 Å². The van der Waals surface area contributed by atoms with Crippen LogP contribution in [0.15, 0.2) is 40.6 Å². The first kappa shape index (κ1) is 21.3. The Hall–Kier alpha value is -2.91. The number of hydrogen-bond acceptors (Lipinski definition) is 6. The number of anilines is 2. The molecule has 2 aromatic carbocycles. The maximum atomic E-state index is 13.0. The second-order valence-electron chi connectivity index (χ2n) is 7.48. The molecule has 0 aliphatic carbocycles. The molecule has 0 saturated heterocycles. The normalized spacial score (nSPS) is 13.7. The number of sulfonamides is 1. The highest BCUT2D eigenvalue weighted by molar-refractivity contribution is 7.93. The third-order valence-electron chi connectivity index (χ3n) is 5.11. The molecule has 1 N–H and O–H groups in total. The van der Waals surface area contributed by atoms with Gasteiger partial charge in [-0.3, -0.25) is 9.52 Å². The standard InChI is InChI=1S/C22H23N3O4S2/c1-5-25-18-10-16(6-7-19(18)29-11-20(25)26)17-12-30-22(23-17)24-31(27,28)21-14(3)8-13(2)9-15(21)4/h6-10,12H,5,11H2,1-4H3,(H,23,24). The van der Waals surface area contributed by atoms with Crippen LogP contribution in [0.25, 0.3) is 11.3 Å². The Morgan fingerprint density at radius 3 is 2.55 bits per heavy atom. The molecular weight excluding hydrogens is 434 g/mol. The number of carbonyl (C=O) groups excluding carboxylic acids is 1. The number of nitrogens with one attached hydrogen (secondary N) is 1. The average Bonchev–Trinajstić information content (AvgIpc) is 3.14. The van der Waals surface area contributed by atoms with Gasteiger partial charge in [-0.1, -0.05) is 17.7 Å². The molecule has 0 radical (unpaired) electrons. The SMILES string of the molecule is CCN1C(=O)COc2ccc(-c3csc(NS(=O)(=O)c4c(C)cc(C)cc4C)n3)cc21. The maximum absolute atomic E-state index is 13.0. The molecule has 9 heteroatoms. The third-order valence-corrected chi connectivity index (χ3v) is 7.64. The predicted octanol–water partition coefficient (Wildman–Crippen LogP) is 4.28. The number of benzene rings is 2. The molecule has 0 unspecified atom stereocenters. The van der Waals surface area contributed by atoms with Gasteiger partial charge in [-0.15, -0.1) is 11.3 Å². The van der Waals surface area contributed by atoms with Crippen LogP contribution in [0.5, 0.6) is 5.75 Å². The van der Waals surface area contributed by atoms with Crippen molar-refractivity contribution in [3.63, 3.8) is 0 Å². The summed E-state index contributed by atoms with van der Waals surface area (Å²) in [4.78, 5) is 18.5. The van der Waals surface area contributed by atoms with E-state index in [1.54, 1.807) is 24.1 Å². The number of nitrogens with zero attached hydrogens (tertiary/aromatic N) is 2. The summed E-state index contributed by atoms with van der Waals surface area (Å²) in [5, 5.41) is 2.07. The van der Waals surface area contributed by atoms with Crippen molar-refractivity contribution in [1.82, 2.24) is 4.98 Å². The topological polar surface area (TPSA) is 88.6 Å². The number of aryl methyl sites for hydroxylation is 3. The molecule has 1 aliphatic heterocycles. The van der Waals surface area contributed by atoms with E-state index in [1.807, 2.05) is 44.2 Å². The van der Waals surface area contributed by atoms with E-state index in [9.17, 15) is 13.2 Å². The van der Waals surface area contributed by atoms with Crippen molar-refractivity contribution >= 4 is 38.1 Å². The molecular formula is C22H23N3O4S2. The molecule has 7 nitrogen and oxygen atoms in total. The fraction of sp³-hybridized carbons (Fsp3) is 0.273. The maximum Gasteiger partial charge on any atom is 0.265 e. The van der Waals surface area contributed by atoms with Crippen LogP contribution in [0.3, 0.4) is 0 Å². The van der Waals surface area contributed by atoms with Gasteiger partial charge in [0.15, 0.2) is 11.7 Å². The van der Waals surface area contributed by atoms with Gasteiger partial charge in [-0.05, 0) is 57.0 Å². The first-order valence-electron chi connectivity index (χ1n) is 9.83. The Morgan fingerprint density at radius 2 is 1.87 bits per heavy atom. The van der Waals surface area contributed by atoms with Crippen molar-refractivity contribution < 1.29 is 17.9 Å². The number of ether oxygens (including phenoxy) is 1. The molecule has 1 aromatic heterocycles. The minimum absolute atomic E-state index is 0.0284. The minimum atomic E-state index is -3.77. The van der Waals surface area contributed by atoms with Gasteiger partial charge in [-0.25, -0.2) is 13.4 Å². The number of aromatic nitrogens is 1. The molecule has 3 aromatic rings. The summed E-state index contributed by atoms with van der Waals surface area (Å²) >= 11 is 1.21. The van der Waals surface area contributed by atoms with Crippen LogP contribution in [0.2, 0.25) is 0 Å². The number of carbonyl (C=O) groups is 1. The fourth-order valence-corrected chi connectivity index (χ4v) is 6.35. The molecule has 2 heterocycles. The van der Waals surface area contributed by atoms with Crippen LogP contribution in [0, 0.1) is 20.8 Å². The number of amides is 1. The zero-order valence-corrected chi connectivity index (χ0v) is 19.4. The molecule has 0 fully saturated rings. The fourth-order valence-electron chi connectivity index (χ4n) is 3.92. The largest absolute Gasteiger partial charge is 0.482 e. The van der Waals surface area contributed by atoms with Crippen LogP contribution in [-0.4, -0.2) is 32.5 Å². The molecule has 0 bridgehead atoms. The third kappa shape index (κ3) is 4.03. The van der Waals surface area contributed by atoms with E-state index in [2.05, 4.69) is 9.71 Å². The van der Waals surface area contributed by atoms with Gasteiger partial charge < -0.3 is 9.64 Å². The highest BCUT2D eigenvalue weighted by atomic mass is 32.2. The van der Waals surface area contributed by atoms with Gasteiger partial charge in [0.05, 0.1) is 16.3 Å². The number of hydrogen-bond donors (Lipinski definition) is 1. The molecule has 0 atom stereocenters. The van der Waals surface area contributed by atoms with Crippen molar-refractivity contribution in [2.24, 2.45) is 0 Å². The van der Waals surface area contributed by atoms with Crippen LogP contribution in [0.4, 0.5) is 10.8 Å². The van der Waals surface area contributed by atoms with Crippen LogP contribution in [-0.2, 0) is 14.8 Å². The average molecular weight is 458 g/mol. The second-order valence-corrected chi connectivity index (χ2v) is 9.96. The van der Waals surface area contributed by atoms with Gasteiger partial charge >= 0.3 is 0 Å². The van der Waals surface area contributed by atoms with E-state index in [0.29, 0.717) is 34.8 Å². The van der Waals surface area contributed by atoms with Crippen LogP contribution < -0.4 is 14.4 Å². The lowest BCUT2D eigenvalue weighted by atomic mass is 10.1. The zero-order chi connectivity index (χ0) is 22.3. The summed E-state index contributed by atoms with van der Waals surface area (Å²) in [5.41, 5.74) is 4.50. The lowest BCUT2D eigenvalue weighted by molar-refractivity contribution is -0.121. The molecule has 1 aliphatic rings. The van der Waals surface area contributed by atoms with Gasteiger partial charge in [0, 0.05) is 17.5 Å². The van der Waals surface area contributed by atoms with Crippen molar-refractivity contribution in [3.8, 4) is 17.0 Å². The van der Waals surface area contributed by atoms with E-state index in [0.717, 1.165) is 11.1 Å². The van der Waals surface area contributed by atoms with Crippen molar-refractivity contribution in [3.05, 3.63) is 52.4 Å². The second kappa shape index (κ2) is 7.97. The number of rotatable bonds is 5. The van der Waals surface area contributed by atoms with E-state index in [1.165, 1.54) is 11.3 Å². The van der Waals surface area contributed by atoms with E-state index in [4.69, 9.17) is 4.74 Å². The lowest BCUT2D eigenvalue weighted by Gasteiger charge is -2.28. The molecule has 1 amide bonds. The molecule has 31 heavy (non-hydrogen) atoms. The quantitative estimate of drug-likeness (QED) is 0.618. The van der Waals surface area contributed by atoms with Crippen molar-refractivity contribution in [2.75, 3.05) is 22.8 Å². The predicted molar refractivity (Wildman–Crippen MR) is 123 cm³/mol. The highest BCUT2D eigenvalue weighted by Gasteiger charge is 2.25. The summed E-state index contributed by atoms with van der Waals surface area (Å²) < 4.78 is 34.1. The Kier molecular flexibility index (Phi) is 5.49. The van der Waals surface area contributed by atoms with E-state index in [-0.39, 0.29) is 22.5 Å². The van der Waals surface area contributed by atoms with E-state index >= 15 is 0 Å². The molecule has 4 rings (SSSR count). The van der Waals surface area contributed by atoms with Crippen molar-refractivity contribution in [2.45, 2.75) is 32.6 Å². The van der Waals surface area contributed by atoms with Gasteiger partial charge in [0.25, 0.3) is 15.9 Å². The lowest BCUT2D eigenvalue weighted by Crippen LogP contribution is -2.38. The van der Waals surface area contributed by atoms with Gasteiger partial charge in [0.1, 0.15) is 5.75 Å². The Bertz CT molecular complexity index is 1260. The number of likely N-dealkylation sites (N-methyl/N-ethyl adjacent to an activating group) is 1. The number of fused-ring (bicyclic) bond motifs is 1. The first-order chi connectivity index (χ1) is 14.7.